The van der Waals surface area contributed by atoms with Crippen molar-refractivity contribution in [2.45, 2.75) is 46.7 Å². The second-order valence-electron chi connectivity index (χ2n) is 6.11. The smallest absolute Gasteiger partial charge is 0.225 e. The van der Waals surface area contributed by atoms with Crippen LogP contribution in [0.4, 0.5) is 0 Å². The van der Waals surface area contributed by atoms with Crippen LogP contribution in [-0.4, -0.2) is 47.4 Å². The number of nitrogens with one attached hydrogen (secondary N) is 2. The molecule has 6 nitrogen and oxygen atoms in total. The molecule has 2 heterocycles. The van der Waals surface area contributed by atoms with E-state index in [0.29, 0.717) is 6.54 Å². The minimum Gasteiger partial charge on any atom is -0.357 e. The van der Waals surface area contributed by atoms with E-state index in [1.54, 1.807) is 11.3 Å². The van der Waals surface area contributed by atoms with Gasteiger partial charge in [0.1, 0.15) is 0 Å². The van der Waals surface area contributed by atoms with E-state index in [-0.39, 0.29) is 17.9 Å². The molecule has 0 unspecified atom stereocenters. The van der Waals surface area contributed by atoms with Gasteiger partial charge < -0.3 is 15.5 Å². The van der Waals surface area contributed by atoms with Crippen molar-refractivity contribution in [2.24, 2.45) is 10.9 Å². The molecular weight excluding hydrogens is 310 g/mol. The number of aliphatic imine (C=N–C) groups is 1. The summed E-state index contributed by atoms with van der Waals surface area (Å²) >= 11 is 1.67. The molecule has 128 valence electrons. The maximum Gasteiger partial charge on any atom is 0.225 e. The molecule has 0 radical (unpaired) electrons. The number of nitrogens with zero attached hydrogens (tertiary/aromatic N) is 3. The number of thiazole rings is 1. The number of hydrogen-bond acceptors (Lipinski definition) is 4. The Morgan fingerprint density at radius 1 is 1.57 bits per heavy atom. The summed E-state index contributed by atoms with van der Waals surface area (Å²) in [6.07, 6.45) is 2.84. The van der Waals surface area contributed by atoms with Crippen LogP contribution in [0.3, 0.4) is 0 Å². The van der Waals surface area contributed by atoms with Crippen LogP contribution in [0.5, 0.6) is 0 Å². The minimum atomic E-state index is 0.0604. The summed E-state index contributed by atoms with van der Waals surface area (Å²) in [5.41, 5.74) is 0. The fourth-order valence-corrected chi connectivity index (χ4v) is 3.31. The van der Waals surface area contributed by atoms with E-state index in [9.17, 15) is 4.79 Å². The summed E-state index contributed by atoms with van der Waals surface area (Å²) in [6, 6.07) is 0.263. The van der Waals surface area contributed by atoms with Gasteiger partial charge in [0, 0.05) is 42.7 Å². The van der Waals surface area contributed by atoms with Gasteiger partial charge in [0.15, 0.2) is 5.96 Å². The SMILES string of the molecule is CCNC(=NCc1cnc(C)s1)N[C@H]1CCN(C(=O)C(C)C)C1. The Hall–Kier alpha value is -1.63. The molecule has 2 N–H and O–H groups in total. The van der Waals surface area contributed by atoms with Crippen molar-refractivity contribution in [3.8, 4) is 0 Å². The molecular formula is C16H27N5OS. The largest absolute Gasteiger partial charge is 0.357 e. The number of carbonyl (C=O) groups excluding carboxylic acids is 1. The first-order valence-electron chi connectivity index (χ1n) is 8.24. The monoisotopic (exact) mass is 337 g/mol. The molecule has 1 aromatic rings. The predicted molar refractivity (Wildman–Crippen MR) is 94.6 cm³/mol. The quantitative estimate of drug-likeness (QED) is 0.634. The summed E-state index contributed by atoms with van der Waals surface area (Å²) in [6.45, 7) is 11.0. The number of amides is 1. The van der Waals surface area contributed by atoms with Gasteiger partial charge in [-0.15, -0.1) is 11.3 Å². The van der Waals surface area contributed by atoms with E-state index in [1.807, 2.05) is 31.9 Å². The Bertz CT molecular complexity index is 554. The zero-order valence-corrected chi connectivity index (χ0v) is 15.2. The molecule has 0 saturated carbocycles. The zero-order chi connectivity index (χ0) is 16.8. The van der Waals surface area contributed by atoms with Gasteiger partial charge in [0.25, 0.3) is 0 Å². The third-order valence-electron chi connectivity index (χ3n) is 3.74. The number of rotatable bonds is 5. The number of aryl methyl sites for hydroxylation is 1. The lowest BCUT2D eigenvalue weighted by molar-refractivity contribution is -0.133. The molecule has 1 aliphatic heterocycles. The first kappa shape index (κ1) is 17.7. The Labute approximate surface area is 142 Å². The predicted octanol–water partition coefficient (Wildman–Crippen LogP) is 1.76. The number of carbonyl (C=O) groups is 1. The maximum absolute atomic E-state index is 12.1. The van der Waals surface area contributed by atoms with Crippen molar-refractivity contribution in [2.75, 3.05) is 19.6 Å². The second-order valence-corrected chi connectivity index (χ2v) is 7.43. The van der Waals surface area contributed by atoms with Gasteiger partial charge in [-0.2, -0.15) is 0 Å². The number of guanidine groups is 1. The lowest BCUT2D eigenvalue weighted by Crippen LogP contribution is -2.45. The van der Waals surface area contributed by atoms with Gasteiger partial charge >= 0.3 is 0 Å². The molecule has 7 heteroatoms. The Balaban J connectivity index is 1.90. The molecule has 0 aliphatic carbocycles. The van der Waals surface area contributed by atoms with E-state index in [4.69, 9.17) is 0 Å². The summed E-state index contributed by atoms with van der Waals surface area (Å²) in [5.74, 6) is 1.10. The van der Waals surface area contributed by atoms with Gasteiger partial charge in [-0.25, -0.2) is 9.98 Å². The summed E-state index contributed by atoms with van der Waals surface area (Å²) < 4.78 is 0. The third-order valence-corrected chi connectivity index (χ3v) is 4.64. The van der Waals surface area contributed by atoms with Crippen LogP contribution in [0.1, 0.15) is 37.1 Å². The number of aromatic nitrogens is 1. The summed E-state index contributed by atoms with van der Waals surface area (Å²) in [5, 5.41) is 7.78. The molecule has 2 rings (SSSR count). The van der Waals surface area contributed by atoms with Gasteiger partial charge in [0.05, 0.1) is 11.6 Å². The lowest BCUT2D eigenvalue weighted by atomic mass is 10.2. The average Bonchev–Trinajstić information content (AvgIpc) is 3.13. The van der Waals surface area contributed by atoms with Crippen LogP contribution in [0, 0.1) is 12.8 Å². The lowest BCUT2D eigenvalue weighted by Gasteiger charge is -2.20. The van der Waals surface area contributed by atoms with E-state index >= 15 is 0 Å². The Kier molecular flexibility index (Phi) is 6.38. The maximum atomic E-state index is 12.1. The zero-order valence-electron chi connectivity index (χ0n) is 14.4. The number of likely N-dealkylation sites (tertiary alicyclic amines) is 1. The van der Waals surface area contributed by atoms with E-state index in [1.165, 1.54) is 0 Å². The van der Waals surface area contributed by atoms with Crippen LogP contribution < -0.4 is 10.6 Å². The van der Waals surface area contributed by atoms with Crippen LogP contribution in [-0.2, 0) is 11.3 Å². The van der Waals surface area contributed by atoms with Crippen molar-refractivity contribution >= 4 is 23.2 Å². The molecule has 1 aliphatic rings. The molecule has 1 atom stereocenters. The topological polar surface area (TPSA) is 69.6 Å². The Morgan fingerprint density at radius 2 is 2.35 bits per heavy atom. The molecule has 1 saturated heterocycles. The first-order chi connectivity index (χ1) is 11.0. The fourth-order valence-electron chi connectivity index (χ4n) is 2.59. The highest BCUT2D eigenvalue weighted by atomic mass is 32.1. The van der Waals surface area contributed by atoms with Crippen molar-refractivity contribution in [1.82, 2.24) is 20.5 Å². The van der Waals surface area contributed by atoms with Gasteiger partial charge in [-0.3, -0.25) is 4.79 Å². The van der Waals surface area contributed by atoms with Gasteiger partial charge in [0.2, 0.25) is 5.91 Å². The number of hydrogen-bond donors (Lipinski definition) is 2. The molecule has 0 bridgehead atoms. The van der Waals surface area contributed by atoms with Crippen LogP contribution >= 0.6 is 11.3 Å². The summed E-state index contributed by atoms with van der Waals surface area (Å²) in [7, 11) is 0. The highest BCUT2D eigenvalue weighted by Gasteiger charge is 2.27. The highest BCUT2D eigenvalue weighted by Crippen LogP contribution is 2.14. The molecule has 23 heavy (non-hydrogen) atoms. The van der Waals surface area contributed by atoms with Crippen molar-refractivity contribution < 1.29 is 4.79 Å². The molecule has 1 aromatic heterocycles. The second kappa shape index (κ2) is 8.29. The molecule has 0 spiro atoms. The van der Waals surface area contributed by atoms with E-state index in [0.717, 1.165) is 41.9 Å². The standard InChI is InChI=1S/C16H27N5OS/c1-5-17-16(19-9-14-8-18-12(4)23-14)20-13-6-7-21(10-13)15(22)11(2)3/h8,11,13H,5-7,9-10H2,1-4H3,(H2,17,19,20)/t13-/m0/s1. The summed E-state index contributed by atoms with van der Waals surface area (Å²) in [4.78, 5) is 24.0. The van der Waals surface area contributed by atoms with Crippen LogP contribution in [0.15, 0.2) is 11.2 Å². The van der Waals surface area contributed by atoms with Gasteiger partial charge in [-0.05, 0) is 20.3 Å². The van der Waals surface area contributed by atoms with Crippen molar-refractivity contribution in [3.63, 3.8) is 0 Å². The fraction of sp³-hybridized carbons (Fsp3) is 0.688. The molecule has 1 amide bonds. The molecule has 1 fully saturated rings. The van der Waals surface area contributed by atoms with E-state index in [2.05, 4.69) is 27.5 Å². The average molecular weight is 337 g/mol. The van der Waals surface area contributed by atoms with Crippen molar-refractivity contribution in [1.29, 1.82) is 0 Å². The first-order valence-corrected chi connectivity index (χ1v) is 9.06. The van der Waals surface area contributed by atoms with Crippen LogP contribution in [0.2, 0.25) is 0 Å². The molecule has 0 aromatic carbocycles. The van der Waals surface area contributed by atoms with Gasteiger partial charge in [-0.1, -0.05) is 13.8 Å². The normalized spacial score (nSPS) is 18.6. The Morgan fingerprint density at radius 3 is 2.96 bits per heavy atom. The minimum absolute atomic E-state index is 0.0604. The highest BCUT2D eigenvalue weighted by molar-refractivity contribution is 7.11. The van der Waals surface area contributed by atoms with Crippen molar-refractivity contribution in [3.05, 3.63) is 16.1 Å². The van der Waals surface area contributed by atoms with Crippen LogP contribution in [0.25, 0.3) is 0 Å². The van der Waals surface area contributed by atoms with E-state index < -0.39 is 0 Å². The third kappa shape index (κ3) is 5.20.